The second-order valence-corrected chi connectivity index (χ2v) is 6.89. The summed E-state index contributed by atoms with van der Waals surface area (Å²) in [4.78, 5) is 8.90. The van der Waals surface area contributed by atoms with Crippen molar-refractivity contribution in [3.05, 3.63) is 83.7 Å². The van der Waals surface area contributed by atoms with Crippen LogP contribution in [0.5, 0.6) is 5.75 Å². The number of hydrogen-bond acceptors (Lipinski definition) is 4. The SMILES string of the molecule is CC(C)n1ncnc1C1=CCC(c2ccc(OCc3ccccc3)cc2F)=N1. The summed E-state index contributed by atoms with van der Waals surface area (Å²) in [5, 5.41) is 4.24. The fourth-order valence-corrected chi connectivity index (χ4v) is 3.11. The summed E-state index contributed by atoms with van der Waals surface area (Å²) in [7, 11) is 0. The van der Waals surface area contributed by atoms with Gasteiger partial charge in [0, 0.05) is 24.1 Å². The van der Waals surface area contributed by atoms with Crippen LogP contribution in [-0.4, -0.2) is 20.5 Å². The largest absolute Gasteiger partial charge is 0.489 e. The maximum atomic E-state index is 14.7. The van der Waals surface area contributed by atoms with Crippen LogP contribution < -0.4 is 4.74 Å². The van der Waals surface area contributed by atoms with E-state index in [4.69, 9.17) is 4.74 Å². The first-order chi connectivity index (χ1) is 13.6. The first-order valence-electron chi connectivity index (χ1n) is 9.26. The third-order valence-electron chi connectivity index (χ3n) is 4.54. The molecule has 5 nitrogen and oxygen atoms in total. The Morgan fingerprint density at radius 3 is 2.71 bits per heavy atom. The molecule has 0 radical (unpaired) electrons. The lowest BCUT2D eigenvalue weighted by molar-refractivity contribution is 0.304. The molecule has 0 atom stereocenters. The Morgan fingerprint density at radius 2 is 1.96 bits per heavy atom. The Bertz CT molecular complexity index is 1040. The van der Waals surface area contributed by atoms with Gasteiger partial charge in [0.05, 0.1) is 5.71 Å². The monoisotopic (exact) mass is 376 g/mol. The van der Waals surface area contributed by atoms with E-state index < -0.39 is 0 Å². The van der Waals surface area contributed by atoms with Crippen LogP contribution in [0.15, 0.2) is 65.9 Å². The Hall–Kier alpha value is -3.28. The third-order valence-corrected chi connectivity index (χ3v) is 4.54. The number of rotatable bonds is 6. The van der Waals surface area contributed by atoms with Crippen molar-refractivity contribution in [1.29, 1.82) is 0 Å². The molecule has 0 saturated carbocycles. The molecule has 1 aromatic heterocycles. The summed E-state index contributed by atoms with van der Waals surface area (Å²) in [6.45, 7) is 4.47. The average molecular weight is 376 g/mol. The number of allylic oxidation sites excluding steroid dienone is 1. The minimum Gasteiger partial charge on any atom is -0.489 e. The Labute approximate surface area is 163 Å². The number of hydrogen-bond donors (Lipinski definition) is 0. The van der Waals surface area contributed by atoms with E-state index in [1.54, 1.807) is 12.1 Å². The van der Waals surface area contributed by atoms with Crippen molar-refractivity contribution >= 4 is 11.4 Å². The van der Waals surface area contributed by atoms with Crippen molar-refractivity contribution in [3.8, 4) is 5.75 Å². The van der Waals surface area contributed by atoms with Gasteiger partial charge in [-0.15, -0.1) is 0 Å². The van der Waals surface area contributed by atoms with Gasteiger partial charge in [0.2, 0.25) is 0 Å². The van der Waals surface area contributed by atoms with E-state index in [2.05, 4.69) is 15.1 Å². The first kappa shape index (κ1) is 18.1. The fourth-order valence-electron chi connectivity index (χ4n) is 3.11. The molecule has 6 heteroatoms. The van der Waals surface area contributed by atoms with Crippen LogP contribution in [0.3, 0.4) is 0 Å². The summed E-state index contributed by atoms with van der Waals surface area (Å²) in [5.41, 5.74) is 2.93. The molecular weight excluding hydrogens is 355 g/mol. The van der Waals surface area contributed by atoms with Crippen LogP contribution in [0, 0.1) is 5.82 Å². The van der Waals surface area contributed by atoms with Crippen LogP contribution in [-0.2, 0) is 6.61 Å². The number of nitrogens with zero attached hydrogens (tertiary/aromatic N) is 4. The summed E-state index contributed by atoms with van der Waals surface area (Å²) in [5.74, 6) is 0.856. The zero-order valence-corrected chi connectivity index (χ0v) is 15.8. The second kappa shape index (κ2) is 7.76. The molecule has 0 spiro atoms. The van der Waals surface area contributed by atoms with Gasteiger partial charge in [-0.2, -0.15) is 5.10 Å². The van der Waals surface area contributed by atoms with Crippen LogP contribution in [0.2, 0.25) is 0 Å². The average Bonchev–Trinajstić information content (AvgIpc) is 3.36. The molecule has 4 rings (SSSR count). The van der Waals surface area contributed by atoms with E-state index in [9.17, 15) is 4.39 Å². The molecule has 1 aliphatic rings. The predicted octanol–water partition coefficient (Wildman–Crippen LogP) is 4.81. The number of aliphatic imine (C=N–C) groups is 1. The van der Waals surface area contributed by atoms with Gasteiger partial charge in [0.25, 0.3) is 0 Å². The number of ether oxygens (including phenoxy) is 1. The maximum Gasteiger partial charge on any atom is 0.176 e. The van der Waals surface area contributed by atoms with Gasteiger partial charge in [-0.05, 0) is 37.6 Å². The van der Waals surface area contributed by atoms with Crippen molar-refractivity contribution in [2.45, 2.75) is 32.9 Å². The molecule has 142 valence electrons. The Kier molecular flexibility index (Phi) is 5.02. The van der Waals surface area contributed by atoms with E-state index in [0.717, 1.165) is 11.3 Å². The molecule has 1 aliphatic heterocycles. The first-order valence-corrected chi connectivity index (χ1v) is 9.26. The number of benzene rings is 2. The molecule has 28 heavy (non-hydrogen) atoms. The third kappa shape index (κ3) is 3.71. The van der Waals surface area contributed by atoms with Crippen LogP contribution in [0.25, 0.3) is 5.70 Å². The van der Waals surface area contributed by atoms with Gasteiger partial charge in [-0.1, -0.05) is 30.3 Å². The molecule has 2 heterocycles. The lowest BCUT2D eigenvalue weighted by atomic mass is 10.1. The predicted molar refractivity (Wildman–Crippen MR) is 107 cm³/mol. The van der Waals surface area contributed by atoms with Gasteiger partial charge >= 0.3 is 0 Å². The standard InChI is InChI=1S/C22H21FN4O/c1-15(2)27-22(24-14-25-27)21-11-10-20(26-21)18-9-8-17(12-19(18)23)28-13-16-6-4-3-5-7-16/h3-9,11-12,14-15H,10,13H2,1-2H3. The van der Waals surface area contributed by atoms with Crippen molar-refractivity contribution < 1.29 is 9.13 Å². The van der Waals surface area contributed by atoms with Crippen LogP contribution in [0.1, 0.15) is 43.3 Å². The van der Waals surface area contributed by atoms with E-state index in [-0.39, 0.29) is 11.9 Å². The smallest absolute Gasteiger partial charge is 0.176 e. The minimum absolute atomic E-state index is 0.176. The highest BCUT2D eigenvalue weighted by Crippen LogP contribution is 2.27. The molecule has 0 fully saturated rings. The topological polar surface area (TPSA) is 52.3 Å². The molecule has 2 aromatic carbocycles. The van der Waals surface area contributed by atoms with E-state index in [1.165, 1.54) is 12.4 Å². The molecule has 0 unspecified atom stereocenters. The summed E-state index contributed by atoms with van der Waals surface area (Å²) >= 11 is 0. The zero-order chi connectivity index (χ0) is 19.5. The van der Waals surface area contributed by atoms with Crippen molar-refractivity contribution in [2.24, 2.45) is 4.99 Å². The quantitative estimate of drug-likeness (QED) is 0.620. The van der Waals surface area contributed by atoms with Crippen molar-refractivity contribution in [2.75, 3.05) is 0 Å². The zero-order valence-electron chi connectivity index (χ0n) is 15.8. The molecule has 0 amide bonds. The molecule has 3 aromatic rings. The summed E-state index contributed by atoms with van der Waals surface area (Å²) < 4.78 is 22.2. The Morgan fingerprint density at radius 1 is 1.14 bits per heavy atom. The van der Waals surface area contributed by atoms with Crippen LogP contribution >= 0.6 is 0 Å². The van der Waals surface area contributed by atoms with Gasteiger partial charge in [0.1, 0.15) is 30.2 Å². The van der Waals surface area contributed by atoms with Crippen molar-refractivity contribution in [3.63, 3.8) is 0 Å². The number of halogens is 1. The Balaban J connectivity index is 1.50. The molecule has 0 saturated heterocycles. The molecule has 0 bridgehead atoms. The van der Waals surface area contributed by atoms with Gasteiger partial charge < -0.3 is 4.74 Å². The van der Waals surface area contributed by atoms with Gasteiger partial charge in [-0.25, -0.2) is 19.0 Å². The van der Waals surface area contributed by atoms with Gasteiger partial charge in [0.15, 0.2) is 5.82 Å². The van der Waals surface area contributed by atoms with E-state index in [0.29, 0.717) is 35.9 Å². The summed E-state index contributed by atoms with van der Waals surface area (Å²) in [6, 6.07) is 14.9. The lowest BCUT2D eigenvalue weighted by Gasteiger charge is -2.09. The number of aromatic nitrogens is 3. The van der Waals surface area contributed by atoms with E-state index >= 15 is 0 Å². The fraction of sp³-hybridized carbons (Fsp3) is 0.227. The normalized spacial score (nSPS) is 13.6. The van der Waals surface area contributed by atoms with Crippen LogP contribution in [0.4, 0.5) is 4.39 Å². The minimum atomic E-state index is -0.343. The molecular formula is C22H21FN4O. The molecule has 0 aliphatic carbocycles. The highest BCUT2D eigenvalue weighted by Gasteiger charge is 2.20. The van der Waals surface area contributed by atoms with Gasteiger partial charge in [-0.3, -0.25) is 0 Å². The maximum absolute atomic E-state index is 14.7. The highest BCUT2D eigenvalue weighted by atomic mass is 19.1. The highest BCUT2D eigenvalue weighted by molar-refractivity contribution is 6.07. The van der Waals surface area contributed by atoms with E-state index in [1.807, 2.05) is 54.9 Å². The molecule has 0 N–H and O–H groups in total. The lowest BCUT2D eigenvalue weighted by Crippen LogP contribution is -2.07. The second-order valence-electron chi connectivity index (χ2n) is 6.89. The van der Waals surface area contributed by atoms with Crippen molar-refractivity contribution in [1.82, 2.24) is 14.8 Å². The summed E-state index contributed by atoms with van der Waals surface area (Å²) in [6.07, 6.45) is 4.03.